The predicted octanol–water partition coefficient (Wildman–Crippen LogP) is 2.25. The number of ketones is 1. The van der Waals surface area contributed by atoms with Gasteiger partial charge in [0.1, 0.15) is 36.6 Å². The summed E-state index contributed by atoms with van der Waals surface area (Å²) < 4.78 is 23.4. The van der Waals surface area contributed by atoms with Crippen LogP contribution in [0.15, 0.2) is 11.6 Å². The first kappa shape index (κ1) is 43.5. The van der Waals surface area contributed by atoms with E-state index >= 15 is 0 Å². The number of hydrogen-bond donors (Lipinski definition) is 8. The topological polar surface area (TPSA) is 267 Å². The molecule has 16 nitrogen and oxygen atoms in total. The number of rotatable bonds is 7. The molecule has 0 spiro atoms. The van der Waals surface area contributed by atoms with Crippen LogP contribution in [0.2, 0.25) is 0 Å². The van der Waals surface area contributed by atoms with E-state index in [-0.39, 0.29) is 34.4 Å². The largest absolute Gasteiger partial charge is 0.481 e. The van der Waals surface area contributed by atoms with Crippen molar-refractivity contribution < 1.29 is 79.0 Å². The average molecular weight is 823 g/mol. The van der Waals surface area contributed by atoms with Crippen molar-refractivity contribution >= 4 is 23.7 Å². The highest BCUT2D eigenvalue weighted by atomic mass is 16.8. The third kappa shape index (κ3) is 6.25. The molecule has 5 aliphatic carbocycles. The lowest BCUT2D eigenvalue weighted by atomic mass is 9.33. The lowest BCUT2D eigenvalue weighted by molar-refractivity contribution is -0.371. The van der Waals surface area contributed by atoms with Crippen LogP contribution in [-0.4, -0.2) is 132 Å². The van der Waals surface area contributed by atoms with E-state index in [0.29, 0.717) is 25.7 Å². The molecule has 19 atom stereocenters. The van der Waals surface area contributed by atoms with E-state index in [1.54, 1.807) is 0 Å². The van der Waals surface area contributed by atoms with Gasteiger partial charge in [0.05, 0.1) is 11.5 Å². The van der Waals surface area contributed by atoms with Crippen LogP contribution in [-0.2, 0) is 38.1 Å². The Hall–Kier alpha value is -2.54. The molecule has 4 saturated carbocycles. The number of carbonyl (C=O) groups is 4. The van der Waals surface area contributed by atoms with Gasteiger partial charge in [-0.25, -0.2) is 9.59 Å². The van der Waals surface area contributed by atoms with Gasteiger partial charge >= 0.3 is 17.9 Å². The average Bonchev–Trinajstić information content (AvgIpc) is 3.13. The number of aliphatic hydroxyl groups is 5. The second-order valence-corrected chi connectivity index (χ2v) is 20.6. The molecule has 7 aliphatic rings. The maximum absolute atomic E-state index is 14.8. The standard InChI is InChI=1S/C42H62O16/c1-37(2)21-8-11-42(7)31(20(43)16-18-19-17-39(4,36(53)54)13-12-38(19,3)14-15-41(18,42)6)40(21,5)10-9-22(37)55-35-30(26(47)25(46)29(57-35)33(51)52)58-34-27(48)23(44)24(45)28(56-34)32(49)50/h16,19,21-31,34-35,44-48H,8-15,17H2,1-7H3,(H,49,50)(H,51,52)(H,53,54)/t19-,21-,22-,23-,24-,25-,26-,27+,28-,29-,30+,31+,34-,35+,38+,39-,40-,41+,42+/m1/s1. The highest BCUT2D eigenvalue weighted by Crippen LogP contribution is 2.75. The molecule has 0 aromatic heterocycles. The minimum absolute atomic E-state index is 0.0217. The molecule has 7 rings (SSSR count). The van der Waals surface area contributed by atoms with Gasteiger partial charge in [-0.3, -0.25) is 9.59 Å². The molecule has 326 valence electrons. The molecule has 0 unspecified atom stereocenters. The zero-order valence-corrected chi connectivity index (χ0v) is 34.4. The molecule has 6 fully saturated rings. The fourth-order valence-corrected chi connectivity index (χ4v) is 13.4. The van der Waals surface area contributed by atoms with Crippen LogP contribution in [0.25, 0.3) is 0 Å². The van der Waals surface area contributed by atoms with Crippen molar-refractivity contribution in [2.45, 2.75) is 174 Å². The van der Waals surface area contributed by atoms with Crippen molar-refractivity contribution in [2.75, 3.05) is 0 Å². The molecular weight excluding hydrogens is 760 g/mol. The van der Waals surface area contributed by atoms with E-state index in [1.807, 2.05) is 26.8 Å². The minimum atomic E-state index is -2.05. The number of hydrogen-bond acceptors (Lipinski definition) is 13. The molecule has 2 saturated heterocycles. The van der Waals surface area contributed by atoms with E-state index in [4.69, 9.17) is 18.9 Å². The van der Waals surface area contributed by atoms with Crippen LogP contribution >= 0.6 is 0 Å². The third-order valence-electron chi connectivity index (χ3n) is 17.2. The van der Waals surface area contributed by atoms with E-state index < -0.39 is 107 Å². The fraction of sp³-hybridized carbons (Fsp3) is 0.857. The molecule has 58 heavy (non-hydrogen) atoms. The van der Waals surface area contributed by atoms with E-state index in [1.165, 1.54) is 0 Å². The summed E-state index contributed by atoms with van der Waals surface area (Å²) >= 11 is 0. The lowest BCUT2D eigenvalue weighted by Crippen LogP contribution is -2.68. The molecular formula is C42H62O16. The Labute approximate surface area is 337 Å². The predicted molar refractivity (Wildman–Crippen MR) is 199 cm³/mol. The van der Waals surface area contributed by atoms with Crippen molar-refractivity contribution in [3.05, 3.63) is 11.6 Å². The molecule has 2 aliphatic heterocycles. The molecule has 8 N–H and O–H groups in total. The Morgan fingerprint density at radius 2 is 1.28 bits per heavy atom. The molecule has 0 radical (unpaired) electrons. The van der Waals surface area contributed by atoms with E-state index in [0.717, 1.165) is 37.7 Å². The van der Waals surface area contributed by atoms with Gasteiger partial charge in [-0.2, -0.15) is 0 Å². The van der Waals surface area contributed by atoms with E-state index in [2.05, 4.69) is 27.7 Å². The summed E-state index contributed by atoms with van der Waals surface area (Å²) in [6, 6.07) is 0. The molecule has 2 heterocycles. The Bertz CT molecular complexity index is 1730. The van der Waals surface area contributed by atoms with Gasteiger partial charge in [0.25, 0.3) is 0 Å². The van der Waals surface area contributed by atoms with Gasteiger partial charge in [0.15, 0.2) is 30.6 Å². The van der Waals surface area contributed by atoms with Crippen molar-refractivity contribution in [3.8, 4) is 0 Å². The second kappa shape index (κ2) is 14.3. The van der Waals surface area contributed by atoms with Crippen LogP contribution in [0.1, 0.15) is 106 Å². The van der Waals surface area contributed by atoms with Crippen LogP contribution in [0, 0.1) is 50.2 Å². The summed E-state index contributed by atoms with van der Waals surface area (Å²) in [4.78, 5) is 51.3. The van der Waals surface area contributed by atoms with Gasteiger partial charge in [-0.15, -0.1) is 0 Å². The fourth-order valence-electron chi connectivity index (χ4n) is 13.4. The quantitative estimate of drug-likeness (QED) is 0.171. The molecule has 0 aromatic carbocycles. The smallest absolute Gasteiger partial charge is 0.335 e. The summed E-state index contributed by atoms with van der Waals surface area (Å²) in [5, 5.41) is 83.0. The van der Waals surface area contributed by atoms with Crippen molar-refractivity contribution in [3.63, 3.8) is 0 Å². The molecule has 0 bridgehead atoms. The number of carbonyl (C=O) groups excluding carboxylic acids is 1. The van der Waals surface area contributed by atoms with Crippen LogP contribution in [0.3, 0.4) is 0 Å². The second-order valence-electron chi connectivity index (χ2n) is 20.6. The number of ether oxygens (including phenoxy) is 4. The molecule has 0 amide bonds. The first-order chi connectivity index (χ1) is 26.8. The van der Waals surface area contributed by atoms with Crippen LogP contribution in [0.5, 0.6) is 0 Å². The van der Waals surface area contributed by atoms with Gasteiger partial charge in [-0.1, -0.05) is 47.1 Å². The third-order valence-corrected chi connectivity index (χ3v) is 17.2. The monoisotopic (exact) mass is 822 g/mol. The number of aliphatic hydroxyl groups excluding tert-OH is 5. The summed E-state index contributed by atoms with van der Waals surface area (Å²) in [5.74, 6) is -4.47. The summed E-state index contributed by atoms with van der Waals surface area (Å²) in [6.45, 7) is 14.8. The van der Waals surface area contributed by atoms with Gasteiger partial charge in [0, 0.05) is 5.92 Å². The van der Waals surface area contributed by atoms with Gasteiger partial charge in [-0.05, 0) is 110 Å². The van der Waals surface area contributed by atoms with Crippen LogP contribution in [0.4, 0.5) is 0 Å². The first-order valence-electron chi connectivity index (χ1n) is 20.7. The summed E-state index contributed by atoms with van der Waals surface area (Å²) in [5.41, 5.74) is -1.81. The van der Waals surface area contributed by atoms with Gasteiger partial charge < -0.3 is 59.8 Å². The molecule has 0 aromatic rings. The summed E-state index contributed by atoms with van der Waals surface area (Å²) in [6.07, 6.45) is -12.2. The van der Waals surface area contributed by atoms with E-state index in [9.17, 15) is 60.0 Å². The lowest BCUT2D eigenvalue weighted by Gasteiger charge is -2.70. The number of carboxylic acid groups (broad SMARTS) is 3. The maximum atomic E-state index is 14.8. The molecule has 16 heteroatoms. The number of fused-ring (bicyclic) bond motifs is 7. The van der Waals surface area contributed by atoms with Crippen LogP contribution < -0.4 is 0 Å². The Balaban J connectivity index is 1.17. The number of aliphatic carboxylic acids is 3. The van der Waals surface area contributed by atoms with Crippen molar-refractivity contribution in [1.29, 1.82) is 0 Å². The Morgan fingerprint density at radius 3 is 1.88 bits per heavy atom. The van der Waals surface area contributed by atoms with Gasteiger partial charge in [0.2, 0.25) is 0 Å². The number of allylic oxidation sites excluding steroid dienone is 2. The highest BCUT2D eigenvalue weighted by molar-refractivity contribution is 5.95. The first-order valence-corrected chi connectivity index (χ1v) is 20.7. The highest BCUT2D eigenvalue weighted by Gasteiger charge is 2.71. The number of carboxylic acids is 3. The summed E-state index contributed by atoms with van der Waals surface area (Å²) in [7, 11) is 0. The Morgan fingerprint density at radius 1 is 0.690 bits per heavy atom. The van der Waals surface area contributed by atoms with Crippen molar-refractivity contribution in [2.24, 2.45) is 50.2 Å². The maximum Gasteiger partial charge on any atom is 0.335 e. The zero-order valence-electron chi connectivity index (χ0n) is 34.4. The van der Waals surface area contributed by atoms with Crippen molar-refractivity contribution in [1.82, 2.24) is 0 Å². The SMILES string of the molecule is CC1(C)[C@H]2CC[C@@]3(C)[C@@H](C(=O)C=C4[C@H]5C[C@](C)(C(=O)O)CC[C@@]5(C)CC[C@@]43C)[C@]2(C)CC[C@H]1O[C@H]1O[C@@H](C(=O)O)[C@H](O)[C@@H](O)[C@@H]1O[C@H]1O[C@@H](C(=O)O)[C@H](O)[C@@H](O)[C@@H]1O. The minimum Gasteiger partial charge on any atom is -0.481 e. The normalized spacial score (nSPS) is 52.6. The zero-order chi connectivity index (χ0) is 42.9. The Kier molecular flexibility index (Phi) is 10.7.